The van der Waals surface area contributed by atoms with Crippen molar-refractivity contribution < 1.29 is 9.47 Å². The zero-order chi connectivity index (χ0) is 14.2. The molecule has 0 radical (unpaired) electrons. The van der Waals surface area contributed by atoms with Crippen molar-refractivity contribution in [3.63, 3.8) is 0 Å². The van der Waals surface area contributed by atoms with Gasteiger partial charge in [-0.05, 0) is 18.1 Å². The van der Waals surface area contributed by atoms with E-state index in [1.54, 1.807) is 7.11 Å². The topological polar surface area (TPSA) is 68.9 Å². The van der Waals surface area contributed by atoms with Crippen LogP contribution in [0.1, 0.15) is 12.0 Å². The highest BCUT2D eigenvalue weighted by molar-refractivity contribution is 5.93. The highest BCUT2D eigenvalue weighted by Crippen LogP contribution is 2.15. The molecular formula is C15H21N3O2. The van der Waals surface area contributed by atoms with Gasteiger partial charge in [-0.15, -0.1) is 0 Å². The molecule has 0 spiro atoms. The summed E-state index contributed by atoms with van der Waals surface area (Å²) in [7, 11) is 1.67. The molecule has 1 heterocycles. The van der Waals surface area contributed by atoms with Crippen molar-refractivity contribution in [1.82, 2.24) is 0 Å². The Morgan fingerprint density at radius 2 is 2.30 bits per heavy atom. The third kappa shape index (κ3) is 4.36. The molecule has 0 fully saturated rings. The van der Waals surface area contributed by atoms with E-state index >= 15 is 0 Å². The van der Waals surface area contributed by atoms with Gasteiger partial charge in [0.25, 0.3) is 0 Å². The van der Waals surface area contributed by atoms with E-state index in [1.165, 1.54) is 5.57 Å². The van der Waals surface area contributed by atoms with Gasteiger partial charge < -0.3 is 20.5 Å². The van der Waals surface area contributed by atoms with Crippen LogP contribution in [0.4, 0.5) is 5.69 Å². The van der Waals surface area contributed by atoms with Gasteiger partial charge in [0.1, 0.15) is 0 Å². The molecule has 1 aromatic rings. The Morgan fingerprint density at radius 3 is 3.05 bits per heavy atom. The second-order valence-electron chi connectivity index (χ2n) is 4.62. The van der Waals surface area contributed by atoms with Crippen molar-refractivity contribution in [2.45, 2.75) is 13.0 Å². The van der Waals surface area contributed by atoms with E-state index in [0.29, 0.717) is 25.7 Å². The number of guanidine groups is 1. The molecule has 20 heavy (non-hydrogen) atoms. The number of anilines is 1. The predicted molar refractivity (Wildman–Crippen MR) is 80.8 cm³/mol. The summed E-state index contributed by atoms with van der Waals surface area (Å²) in [5, 5.41) is 3.11. The van der Waals surface area contributed by atoms with Crippen molar-refractivity contribution in [2.75, 3.05) is 32.2 Å². The van der Waals surface area contributed by atoms with E-state index in [1.807, 2.05) is 24.3 Å². The molecule has 3 N–H and O–H groups in total. The van der Waals surface area contributed by atoms with E-state index in [-0.39, 0.29) is 0 Å². The Kier molecular flexibility index (Phi) is 5.58. The lowest BCUT2D eigenvalue weighted by molar-refractivity contribution is 0.150. The molecule has 0 saturated heterocycles. The number of benzene rings is 1. The lowest BCUT2D eigenvalue weighted by atomic mass is 10.2. The molecule has 1 aliphatic heterocycles. The minimum atomic E-state index is 0.403. The molecule has 2 rings (SSSR count). The second kappa shape index (κ2) is 7.67. The molecule has 0 atom stereocenters. The van der Waals surface area contributed by atoms with Gasteiger partial charge in [-0.3, -0.25) is 0 Å². The third-order valence-corrected chi connectivity index (χ3v) is 3.02. The molecule has 1 aromatic carbocycles. The first-order valence-electron chi connectivity index (χ1n) is 6.69. The van der Waals surface area contributed by atoms with Gasteiger partial charge in [-0.2, -0.15) is 0 Å². The molecule has 0 saturated carbocycles. The van der Waals surface area contributed by atoms with Crippen LogP contribution in [0.25, 0.3) is 0 Å². The standard InChI is InChI=1S/C15H21N3O2/c1-19-11-13-6-2-3-7-14(13)18-15(16)17-9-12-5-4-8-20-10-12/h2-3,5-7H,4,8-11H2,1H3,(H3,16,17,18). The summed E-state index contributed by atoms with van der Waals surface area (Å²) in [6.07, 6.45) is 3.12. The van der Waals surface area contributed by atoms with E-state index in [0.717, 1.165) is 24.3 Å². The first-order valence-corrected chi connectivity index (χ1v) is 6.69. The molecule has 0 aromatic heterocycles. The lowest BCUT2D eigenvalue weighted by Gasteiger charge is -2.13. The Labute approximate surface area is 119 Å². The minimum absolute atomic E-state index is 0.403. The second-order valence-corrected chi connectivity index (χ2v) is 4.62. The maximum absolute atomic E-state index is 5.92. The van der Waals surface area contributed by atoms with E-state index in [9.17, 15) is 0 Å². The maximum atomic E-state index is 5.92. The number of ether oxygens (including phenoxy) is 2. The monoisotopic (exact) mass is 275 g/mol. The number of rotatable bonds is 5. The SMILES string of the molecule is COCc1ccccc1NC(N)=NCC1=CCCOC1. The smallest absolute Gasteiger partial charge is 0.193 e. The fourth-order valence-corrected chi connectivity index (χ4v) is 2.01. The molecular weight excluding hydrogens is 254 g/mol. The van der Waals surface area contributed by atoms with E-state index < -0.39 is 0 Å². The van der Waals surface area contributed by atoms with Crippen molar-refractivity contribution in [1.29, 1.82) is 0 Å². The highest BCUT2D eigenvalue weighted by atomic mass is 16.5. The summed E-state index contributed by atoms with van der Waals surface area (Å²) >= 11 is 0. The van der Waals surface area contributed by atoms with Crippen molar-refractivity contribution >= 4 is 11.6 Å². The number of hydrogen-bond acceptors (Lipinski definition) is 3. The van der Waals surface area contributed by atoms with Crippen molar-refractivity contribution in [3.05, 3.63) is 41.5 Å². The zero-order valence-electron chi connectivity index (χ0n) is 11.8. The van der Waals surface area contributed by atoms with Crippen LogP contribution < -0.4 is 11.1 Å². The normalized spacial score (nSPS) is 15.8. The summed E-state index contributed by atoms with van der Waals surface area (Å²) < 4.78 is 10.5. The van der Waals surface area contributed by atoms with Gasteiger partial charge in [0.15, 0.2) is 5.96 Å². The third-order valence-electron chi connectivity index (χ3n) is 3.02. The first kappa shape index (κ1) is 14.6. The van der Waals surface area contributed by atoms with Crippen LogP contribution in [-0.2, 0) is 16.1 Å². The Morgan fingerprint density at radius 1 is 1.45 bits per heavy atom. The van der Waals surface area contributed by atoms with Crippen LogP contribution in [0, 0.1) is 0 Å². The van der Waals surface area contributed by atoms with Crippen molar-refractivity contribution in [2.24, 2.45) is 10.7 Å². The molecule has 5 nitrogen and oxygen atoms in total. The Hall–Kier alpha value is -1.85. The van der Waals surface area contributed by atoms with Gasteiger partial charge in [0.2, 0.25) is 0 Å². The minimum Gasteiger partial charge on any atom is -0.380 e. The molecule has 0 bridgehead atoms. The van der Waals surface area contributed by atoms with Crippen molar-refractivity contribution in [3.8, 4) is 0 Å². The zero-order valence-corrected chi connectivity index (χ0v) is 11.8. The predicted octanol–water partition coefficient (Wildman–Crippen LogP) is 1.91. The highest BCUT2D eigenvalue weighted by Gasteiger charge is 2.04. The van der Waals surface area contributed by atoms with Crippen LogP contribution in [0.2, 0.25) is 0 Å². The molecule has 108 valence electrons. The number of para-hydroxylation sites is 1. The van der Waals surface area contributed by atoms with Crippen LogP contribution in [0.15, 0.2) is 40.9 Å². The van der Waals surface area contributed by atoms with Crippen LogP contribution in [0.3, 0.4) is 0 Å². The number of aliphatic imine (C=N–C) groups is 1. The quantitative estimate of drug-likeness (QED) is 0.489. The molecule has 0 unspecified atom stereocenters. The number of hydrogen-bond donors (Lipinski definition) is 2. The van der Waals surface area contributed by atoms with Crippen LogP contribution >= 0.6 is 0 Å². The molecule has 5 heteroatoms. The summed E-state index contributed by atoms with van der Waals surface area (Å²) in [6.45, 7) is 2.56. The average molecular weight is 275 g/mol. The number of nitrogens with zero attached hydrogens (tertiary/aromatic N) is 1. The lowest BCUT2D eigenvalue weighted by Crippen LogP contribution is -2.24. The van der Waals surface area contributed by atoms with Gasteiger partial charge in [0, 0.05) is 18.4 Å². The van der Waals surface area contributed by atoms with E-state index in [2.05, 4.69) is 16.4 Å². The Bertz CT molecular complexity index is 498. The molecule has 0 amide bonds. The summed E-state index contributed by atoms with van der Waals surface area (Å²) in [5.41, 5.74) is 9.06. The summed E-state index contributed by atoms with van der Waals surface area (Å²) in [4.78, 5) is 4.34. The maximum Gasteiger partial charge on any atom is 0.193 e. The van der Waals surface area contributed by atoms with Gasteiger partial charge >= 0.3 is 0 Å². The number of nitrogens with one attached hydrogen (secondary N) is 1. The fourth-order valence-electron chi connectivity index (χ4n) is 2.01. The van der Waals surface area contributed by atoms with E-state index in [4.69, 9.17) is 15.2 Å². The largest absolute Gasteiger partial charge is 0.380 e. The average Bonchev–Trinajstić information content (AvgIpc) is 2.49. The molecule has 0 aliphatic carbocycles. The number of nitrogens with two attached hydrogens (primary N) is 1. The fraction of sp³-hybridized carbons (Fsp3) is 0.400. The van der Waals surface area contributed by atoms with Crippen LogP contribution in [-0.4, -0.2) is 32.8 Å². The number of methoxy groups -OCH3 is 1. The summed E-state index contributed by atoms with van der Waals surface area (Å²) in [6, 6.07) is 7.87. The van der Waals surface area contributed by atoms with Gasteiger partial charge in [-0.25, -0.2) is 4.99 Å². The summed E-state index contributed by atoms with van der Waals surface area (Å²) in [5.74, 6) is 0.403. The molecule has 1 aliphatic rings. The van der Waals surface area contributed by atoms with Gasteiger partial charge in [-0.1, -0.05) is 24.3 Å². The van der Waals surface area contributed by atoms with Crippen LogP contribution in [0.5, 0.6) is 0 Å². The van der Waals surface area contributed by atoms with Gasteiger partial charge in [0.05, 0.1) is 26.4 Å². The Balaban J connectivity index is 1.96. The first-order chi connectivity index (χ1) is 9.79.